The number of amides is 1. The van der Waals surface area contributed by atoms with Crippen LogP contribution in [0.2, 0.25) is 5.02 Å². The van der Waals surface area contributed by atoms with Crippen molar-refractivity contribution in [3.63, 3.8) is 0 Å². The molecule has 3 aromatic rings. The molecule has 1 amide bonds. The molecule has 0 saturated carbocycles. The summed E-state index contributed by atoms with van der Waals surface area (Å²) in [7, 11) is -3.06. The molecule has 3 rings (SSSR count). The van der Waals surface area contributed by atoms with E-state index in [9.17, 15) is 33.2 Å². The average Bonchev–Trinajstić information content (AvgIpc) is 2.79. The number of non-ortho nitro benzene ring substituents is 1. The normalized spacial score (nSPS) is 11.0. The Morgan fingerprint density at radius 1 is 1.09 bits per heavy atom. The van der Waals surface area contributed by atoms with Crippen LogP contribution >= 0.6 is 27.5 Å². The summed E-state index contributed by atoms with van der Waals surface area (Å²) in [6, 6.07) is 12.7. The summed E-state index contributed by atoms with van der Waals surface area (Å²) >= 11 is 8.98. The van der Waals surface area contributed by atoms with Gasteiger partial charge >= 0.3 is 5.97 Å². The highest BCUT2D eigenvalue weighted by atomic mass is 79.9. The fourth-order valence-corrected chi connectivity index (χ4v) is 4.66. The van der Waals surface area contributed by atoms with Crippen molar-refractivity contribution >= 4 is 66.5 Å². The summed E-state index contributed by atoms with van der Waals surface area (Å²) in [4.78, 5) is 34.4. The number of carbonyl (C=O) groups is 2. The zero-order chi connectivity index (χ0) is 25.2. The number of anilines is 2. The molecule has 0 spiro atoms. The van der Waals surface area contributed by atoms with Crippen LogP contribution in [-0.4, -0.2) is 37.4 Å². The minimum absolute atomic E-state index is 0.0742. The number of hydrogen-bond donors (Lipinski definition) is 2. The van der Waals surface area contributed by atoms with Crippen LogP contribution in [0.1, 0.15) is 20.7 Å². The highest BCUT2D eigenvalue weighted by Crippen LogP contribution is 2.28. The molecule has 10 nitrogen and oxygen atoms in total. The van der Waals surface area contributed by atoms with Crippen molar-refractivity contribution < 1.29 is 28.0 Å². The van der Waals surface area contributed by atoms with E-state index in [0.717, 1.165) is 22.5 Å². The summed E-state index contributed by atoms with van der Waals surface area (Å²) in [5.41, 5.74) is -1.05. The Morgan fingerprint density at radius 3 is 2.32 bits per heavy atom. The number of aromatic carboxylic acids is 1. The number of carboxylic acids is 1. The molecule has 0 fully saturated rings. The van der Waals surface area contributed by atoms with Gasteiger partial charge < -0.3 is 10.4 Å². The van der Waals surface area contributed by atoms with Crippen molar-refractivity contribution in [2.75, 3.05) is 16.7 Å². The van der Waals surface area contributed by atoms with Crippen molar-refractivity contribution in [3.05, 3.63) is 91.4 Å². The maximum atomic E-state index is 13.2. The zero-order valence-electron chi connectivity index (χ0n) is 17.2. The van der Waals surface area contributed by atoms with Gasteiger partial charge in [-0.2, -0.15) is 0 Å². The van der Waals surface area contributed by atoms with E-state index in [4.69, 9.17) is 11.6 Å². The van der Waals surface area contributed by atoms with Gasteiger partial charge in [0.1, 0.15) is 0 Å². The Hall–Kier alpha value is -3.48. The van der Waals surface area contributed by atoms with Crippen LogP contribution in [0.5, 0.6) is 0 Å². The van der Waals surface area contributed by atoms with Gasteiger partial charge in [0, 0.05) is 34.2 Å². The van der Waals surface area contributed by atoms with E-state index in [1.807, 2.05) is 0 Å². The van der Waals surface area contributed by atoms with E-state index < -0.39 is 37.4 Å². The molecule has 13 heteroatoms. The zero-order valence-corrected chi connectivity index (χ0v) is 20.4. The molecule has 0 aliphatic carbocycles. The molecule has 3 aromatic carbocycles. The van der Waals surface area contributed by atoms with E-state index in [-0.39, 0.29) is 22.5 Å². The maximum Gasteiger partial charge on any atom is 0.337 e. The summed E-state index contributed by atoms with van der Waals surface area (Å²) in [6.45, 7) is 0. The SMILES string of the molecule is CN(c1ccc(Cl)cc1)S(=O)(=O)c1cc(C(=O)Nc2ccc(Br)cc2C(=O)O)cc([N+](=O)[O-])c1. The maximum absolute atomic E-state index is 13.2. The molecule has 0 aromatic heterocycles. The summed E-state index contributed by atoms with van der Waals surface area (Å²) in [5.74, 6) is -2.25. The number of carboxylic acid groups (broad SMARTS) is 1. The molecule has 0 aliphatic heterocycles. The van der Waals surface area contributed by atoms with Crippen LogP contribution < -0.4 is 9.62 Å². The van der Waals surface area contributed by atoms with Crippen LogP contribution in [0, 0.1) is 10.1 Å². The fraction of sp³-hybridized carbons (Fsp3) is 0.0476. The molecule has 0 aliphatic rings. The Labute approximate surface area is 207 Å². The van der Waals surface area contributed by atoms with Gasteiger partial charge in [-0.15, -0.1) is 0 Å². The van der Waals surface area contributed by atoms with E-state index in [0.29, 0.717) is 9.50 Å². The summed E-state index contributed by atoms with van der Waals surface area (Å²) in [5, 5.41) is 23.6. The number of rotatable bonds is 7. The quantitative estimate of drug-likeness (QED) is 0.308. The Kier molecular flexibility index (Phi) is 7.24. The molecule has 0 atom stereocenters. The van der Waals surface area contributed by atoms with Crippen molar-refractivity contribution in [1.82, 2.24) is 0 Å². The average molecular weight is 569 g/mol. The van der Waals surface area contributed by atoms with Crippen LogP contribution in [0.3, 0.4) is 0 Å². The molecule has 0 saturated heterocycles. The first-order valence-corrected chi connectivity index (χ1v) is 11.9. The minimum atomic E-state index is -4.31. The predicted molar refractivity (Wildman–Crippen MR) is 129 cm³/mol. The van der Waals surface area contributed by atoms with Crippen molar-refractivity contribution in [1.29, 1.82) is 0 Å². The third kappa shape index (κ3) is 5.35. The van der Waals surface area contributed by atoms with Crippen LogP contribution in [-0.2, 0) is 10.0 Å². The lowest BCUT2D eigenvalue weighted by molar-refractivity contribution is -0.385. The van der Waals surface area contributed by atoms with Crippen LogP contribution in [0.25, 0.3) is 0 Å². The van der Waals surface area contributed by atoms with Gasteiger partial charge in [0.2, 0.25) is 0 Å². The minimum Gasteiger partial charge on any atom is -0.478 e. The molecule has 0 radical (unpaired) electrons. The van der Waals surface area contributed by atoms with Gasteiger partial charge in [-0.1, -0.05) is 27.5 Å². The van der Waals surface area contributed by atoms with Crippen molar-refractivity contribution in [3.8, 4) is 0 Å². The number of nitrogens with zero attached hydrogens (tertiary/aromatic N) is 2. The van der Waals surface area contributed by atoms with E-state index in [2.05, 4.69) is 21.2 Å². The van der Waals surface area contributed by atoms with Gasteiger partial charge in [-0.05, 0) is 48.5 Å². The second-order valence-electron chi connectivity index (χ2n) is 6.87. The predicted octanol–water partition coefficient (Wildman–Crippen LogP) is 4.79. The smallest absolute Gasteiger partial charge is 0.337 e. The molecular weight excluding hydrogens is 554 g/mol. The molecule has 0 unspecified atom stereocenters. The standard InChI is InChI=1S/C21H15BrClN3O7S/c1-25(15-5-3-14(23)4-6-15)34(32,33)17-9-12(8-16(11-17)26(30)31)20(27)24-19-7-2-13(22)10-18(19)21(28)29/h2-11H,1H3,(H,24,27)(H,28,29). The van der Waals surface area contributed by atoms with Gasteiger partial charge in [-0.3, -0.25) is 19.2 Å². The number of hydrogen-bond acceptors (Lipinski definition) is 6. The van der Waals surface area contributed by atoms with Crippen LogP contribution in [0.15, 0.2) is 70.0 Å². The molecular formula is C21H15BrClN3O7S. The number of nitro benzene ring substituents is 1. The molecule has 176 valence electrons. The molecule has 0 heterocycles. The second kappa shape index (κ2) is 9.79. The second-order valence-corrected chi connectivity index (χ2v) is 10.2. The van der Waals surface area contributed by atoms with E-state index >= 15 is 0 Å². The molecule has 0 bridgehead atoms. The Morgan fingerprint density at radius 2 is 1.74 bits per heavy atom. The summed E-state index contributed by atoms with van der Waals surface area (Å²) < 4.78 is 27.7. The molecule has 2 N–H and O–H groups in total. The lowest BCUT2D eigenvalue weighted by Gasteiger charge is -2.20. The first-order valence-electron chi connectivity index (χ1n) is 9.28. The number of carbonyl (C=O) groups excluding carboxylic acids is 1. The van der Waals surface area contributed by atoms with Gasteiger partial charge in [-0.25, -0.2) is 13.2 Å². The third-order valence-electron chi connectivity index (χ3n) is 4.67. The van der Waals surface area contributed by atoms with Crippen molar-refractivity contribution in [2.24, 2.45) is 0 Å². The fourth-order valence-electron chi connectivity index (χ4n) is 2.91. The largest absolute Gasteiger partial charge is 0.478 e. The Bertz CT molecular complexity index is 1410. The lowest BCUT2D eigenvalue weighted by Crippen LogP contribution is -2.27. The highest BCUT2D eigenvalue weighted by molar-refractivity contribution is 9.10. The lowest BCUT2D eigenvalue weighted by atomic mass is 10.1. The van der Waals surface area contributed by atoms with Gasteiger partial charge in [0.15, 0.2) is 0 Å². The number of nitro groups is 1. The highest BCUT2D eigenvalue weighted by Gasteiger charge is 2.26. The third-order valence-corrected chi connectivity index (χ3v) is 7.18. The van der Waals surface area contributed by atoms with Crippen molar-refractivity contribution in [2.45, 2.75) is 4.90 Å². The monoisotopic (exact) mass is 567 g/mol. The number of benzene rings is 3. The topological polar surface area (TPSA) is 147 Å². The molecule has 34 heavy (non-hydrogen) atoms. The van der Waals surface area contributed by atoms with Gasteiger partial charge in [0.25, 0.3) is 21.6 Å². The number of halogens is 2. The number of sulfonamides is 1. The Balaban J connectivity index is 2.04. The number of nitrogens with one attached hydrogen (secondary N) is 1. The van der Waals surface area contributed by atoms with E-state index in [1.54, 1.807) is 0 Å². The van der Waals surface area contributed by atoms with Crippen LogP contribution in [0.4, 0.5) is 17.1 Å². The first kappa shape index (κ1) is 25.1. The van der Waals surface area contributed by atoms with Gasteiger partial charge in [0.05, 0.1) is 26.8 Å². The summed E-state index contributed by atoms with van der Waals surface area (Å²) in [6.07, 6.45) is 0. The first-order chi connectivity index (χ1) is 15.9. The van der Waals surface area contributed by atoms with E-state index in [1.165, 1.54) is 49.5 Å².